The van der Waals surface area contributed by atoms with E-state index in [2.05, 4.69) is 81.1 Å². The van der Waals surface area contributed by atoms with Gasteiger partial charge in [-0.05, 0) is 304 Å². The van der Waals surface area contributed by atoms with Gasteiger partial charge in [0.25, 0.3) is 0 Å². The summed E-state index contributed by atoms with van der Waals surface area (Å²) >= 11 is 0. The van der Waals surface area contributed by atoms with Crippen LogP contribution < -0.4 is 0 Å². The Hall–Kier alpha value is -5.18. The normalized spacial score (nSPS) is 33.2. The topological polar surface area (TPSA) is 422 Å². The van der Waals surface area contributed by atoms with Gasteiger partial charge in [-0.25, -0.2) is 0 Å². The van der Waals surface area contributed by atoms with Crippen molar-refractivity contribution < 1.29 is 100 Å². The van der Waals surface area contributed by atoms with Crippen molar-refractivity contribution >= 4 is 29.7 Å². The number of carbonyl (C=O) groups is 3. The van der Waals surface area contributed by atoms with E-state index in [1.807, 2.05) is 60.7 Å². The lowest BCUT2D eigenvalue weighted by atomic mass is 9.89. The number of carboxylic acids is 2. The zero-order valence-corrected chi connectivity index (χ0v) is 92.2. The molecule has 0 radical (unpaired) electrons. The van der Waals surface area contributed by atoms with Crippen molar-refractivity contribution in [3.8, 4) is 0 Å². The number of hydrogen-bond donors (Lipinski definition) is 15. The lowest BCUT2D eigenvalue weighted by Gasteiger charge is -2.19. The van der Waals surface area contributed by atoms with Crippen molar-refractivity contribution in [2.24, 2.45) is 147 Å². The highest BCUT2D eigenvalue weighted by Crippen LogP contribution is 2.58. The number of nitrogens with zero attached hydrogens (tertiary/aromatic N) is 3. The molecule has 6 unspecified atom stereocenters. The molecule has 35 atom stereocenters. The van der Waals surface area contributed by atoms with E-state index in [-0.39, 0.29) is 115 Å². The van der Waals surface area contributed by atoms with Crippen molar-refractivity contribution in [2.75, 3.05) is 34.0 Å². The fourth-order valence-corrected chi connectivity index (χ4v) is 29.1. The number of benzene rings is 1. The third-order valence-electron chi connectivity index (χ3n) is 36.8. The Morgan fingerprint density at radius 2 is 0.599 bits per heavy atom. The summed E-state index contributed by atoms with van der Waals surface area (Å²) in [6.07, 6.45) is 81.4. The molecule has 15 N–H and O–H groups in total. The molecule has 12 saturated carbocycles. The van der Waals surface area contributed by atoms with Gasteiger partial charge in [-0.15, -0.1) is 0 Å². The number of aliphatic hydroxyl groups excluding tert-OH is 13. The summed E-state index contributed by atoms with van der Waals surface area (Å²) in [5.74, 6) is 11.0. The van der Waals surface area contributed by atoms with Gasteiger partial charge in [-0.2, -0.15) is 0 Å². The Bertz CT molecular complexity index is 3930. The van der Waals surface area contributed by atoms with Crippen molar-refractivity contribution in [1.29, 1.82) is 0 Å². The second-order valence-corrected chi connectivity index (χ2v) is 47.9. The lowest BCUT2D eigenvalue weighted by Crippen LogP contribution is -2.18. The molecule has 0 amide bonds. The molecule has 0 spiro atoms. The van der Waals surface area contributed by atoms with Crippen LogP contribution in [0.25, 0.3) is 16.5 Å². The summed E-state index contributed by atoms with van der Waals surface area (Å²) in [5, 5.41) is 152. The van der Waals surface area contributed by atoms with Gasteiger partial charge in [-0.3, -0.25) is 14.4 Å². The SMILES string of the molecule is CCCCC[C@H](O)/C=C/[C@@H]1[C@H]2CC(CCC(=O)O)C[C@H]2C[C@H]1O.CCCCC[C@H](O)/C=C/[C@@H]1[C@H]2CC(CCC(=O)OC)C[C@H]2C[C@H]1O.CCCCC[C@H](O)/C=C/[C@@H]1[C@H]2CC(CCCCC(=O)O)C[C@H]2C[C@H]1O.CCCCC[C@H](O)/C=C/[C@@H]1[C@H]2CC(CCCCCO)C[C@H]2C[C@H]1O.CCCCC[C@H](O)/C=C/[C@@H]1[C@H]2CC(CCCCCOC)C[C@H]2C[C@H]1O.[N-]=[N+]=Nc1ccc(/C=C/[C@@H]2[C@H]3CC(CCCCCO)C[C@H]3C[C@H]2O)cc1. The summed E-state index contributed by atoms with van der Waals surface area (Å²) in [7, 11) is 3.21. The van der Waals surface area contributed by atoms with Crippen LogP contribution in [0.3, 0.4) is 0 Å². The molecule has 23 nitrogen and oxygen atoms in total. The Balaban J connectivity index is 0.000000215. The number of unbranched alkanes of at least 4 members (excludes halogenated alkanes) is 17. The quantitative estimate of drug-likeness (QED) is 0.00719. The van der Waals surface area contributed by atoms with E-state index < -0.39 is 18.0 Å². The van der Waals surface area contributed by atoms with E-state index in [1.54, 1.807) is 7.11 Å². The Morgan fingerprint density at radius 3 is 0.857 bits per heavy atom. The number of ether oxygens (including phenoxy) is 2. The summed E-state index contributed by atoms with van der Waals surface area (Å²) in [5.41, 5.74) is 10.1. The maximum absolute atomic E-state index is 11.3. The lowest BCUT2D eigenvalue weighted by molar-refractivity contribution is -0.141. The first-order valence-electron chi connectivity index (χ1n) is 60.0. The molecule has 0 saturated heterocycles. The van der Waals surface area contributed by atoms with E-state index in [4.69, 9.17) is 35.4 Å². The molecule has 13 rings (SSSR count). The molecule has 1 aromatic rings. The fourth-order valence-electron chi connectivity index (χ4n) is 29.1. The van der Waals surface area contributed by atoms with Gasteiger partial charge >= 0.3 is 17.9 Å². The fraction of sp³-hybridized carbons (Fsp3) is 0.831. The van der Waals surface area contributed by atoms with E-state index >= 15 is 0 Å². The molecule has 12 aliphatic carbocycles. The minimum Gasteiger partial charge on any atom is -0.481 e. The second kappa shape index (κ2) is 71.8. The van der Waals surface area contributed by atoms with Gasteiger partial charge in [0.15, 0.2) is 0 Å². The van der Waals surface area contributed by atoms with E-state index in [1.165, 1.54) is 129 Å². The van der Waals surface area contributed by atoms with Crippen molar-refractivity contribution in [3.05, 3.63) is 107 Å². The minimum atomic E-state index is -0.714. The number of azide groups is 1. The molecule has 12 fully saturated rings. The molecular weight excluding hydrogens is 1850 g/mol. The third-order valence-corrected chi connectivity index (χ3v) is 36.8. The molecule has 0 bridgehead atoms. The number of esters is 1. The van der Waals surface area contributed by atoms with Gasteiger partial charge in [0.1, 0.15) is 0 Å². The average molecular weight is 2060 g/mol. The minimum absolute atomic E-state index is 0.126. The number of hydrogen-bond acceptors (Lipinski definition) is 19. The smallest absolute Gasteiger partial charge is 0.305 e. The van der Waals surface area contributed by atoms with Crippen LogP contribution in [0.2, 0.25) is 0 Å². The van der Waals surface area contributed by atoms with Crippen molar-refractivity contribution in [3.63, 3.8) is 0 Å². The first-order valence-corrected chi connectivity index (χ1v) is 60.0. The predicted molar refractivity (Wildman–Crippen MR) is 589 cm³/mol. The molecule has 0 aromatic heterocycles. The van der Waals surface area contributed by atoms with Gasteiger partial charge in [0.2, 0.25) is 0 Å². The van der Waals surface area contributed by atoms with E-state index in [0.717, 1.165) is 261 Å². The Morgan fingerprint density at radius 1 is 0.333 bits per heavy atom. The molecule has 12 aliphatic rings. The number of methoxy groups -OCH3 is 2. The summed E-state index contributed by atoms with van der Waals surface area (Å²) in [4.78, 5) is 35.4. The maximum Gasteiger partial charge on any atom is 0.305 e. The molecule has 1 aromatic carbocycles. The van der Waals surface area contributed by atoms with Gasteiger partial charge in [-0.1, -0.05) is 304 Å². The van der Waals surface area contributed by atoms with Crippen LogP contribution in [0, 0.1) is 142 Å². The van der Waals surface area contributed by atoms with Gasteiger partial charge in [0, 0.05) is 92.3 Å². The molecule has 0 heterocycles. The first kappa shape index (κ1) is 127. The zero-order valence-electron chi connectivity index (χ0n) is 92.2. The monoisotopic (exact) mass is 2060 g/mol. The molecule has 147 heavy (non-hydrogen) atoms. The largest absolute Gasteiger partial charge is 0.481 e. The van der Waals surface area contributed by atoms with Crippen molar-refractivity contribution in [1.82, 2.24) is 0 Å². The van der Waals surface area contributed by atoms with Crippen LogP contribution in [-0.2, 0) is 23.9 Å². The van der Waals surface area contributed by atoms with E-state index in [0.29, 0.717) is 114 Å². The summed E-state index contributed by atoms with van der Waals surface area (Å²) in [6.45, 7) is 12.3. The van der Waals surface area contributed by atoms with Crippen LogP contribution in [0.4, 0.5) is 5.69 Å². The molecule has 840 valence electrons. The zero-order chi connectivity index (χ0) is 106. The number of aliphatic hydroxyl groups is 13. The molecule has 0 aliphatic heterocycles. The number of aliphatic carboxylic acids is 2. The van der Waals surface area contributed by atoms with Crippen LogP contribution in [0.5, 0.6) is 0 Å². The number of rotatable bonds is 60. The standard InChI is InChI=1S/C22H40O3.C21H29N3O2.C21H36O4.C21H38O3.C20H34O4.C19H32O4/c1-3-4-6-10-19(23)11-12-20-21-15-17(9-7-5-8-13-25-2)14-18(21)16-22(20)24;22-24-23-18-8-5-15(6-9-18)7-10-19-20-13-16(4-2-1-3-11-25)12-17(20)14-21(19)26;1-2-3-4-8-17(22)10-11-18-19-13-15(7-5-6-9-21(24)25)12-16(19)14-20(18)23;1-2-3-5-9-18(23)10-11-19-20-14-16(8-6-4-7-12-22)13-17(20)15-21(19)24;1-3-4-5-6-16(21)8-9-17-18-12-14(7-10-20(23)24-2)11-15(18)13-19(17)22;1-2-3-4-5-15(20)7-8-16-17-11-13(6-9-19(22)23)10-14(17)12-18(16)21/h11-12,17-24H,3-10,13-16H2,1-2H3;5-10,16-17,19-21,25-26H,1-4,11-14H2;10-11,15-20,22-23H,2-9,12-14H2,1H3,(H,24,25);10-11,16-24H,2-9,12-15H2,1H3;8-9,14-19,21-22H,3-7,10-13H2,1-2H3;7-8,13-18,20-21H,2-6,9-12H2,1H3,(H,22,23)/b12-11+;10-7+;2*11-10+;9-8+;8-7+/t17?,18-,19-,20+,21-,22+;16?,17-,19+,20-,21+;15?,16-,17-,18+,19-,20+;16?,17-,18-,19+,20-,21+;14?,15-,16-,17+,18-,19+;13?,14-,15-,16+,17-,18+/m000000/s1. The Kier molecular flexibility index (Phi) is 62.0. The highest BCUT2D eigenvalue weighted by molar-refractivity contribution is 5.69. The maximum atomic E-state index is 11.3. The number of carboxylic acid groups (broad SMARTS) is 2. The Labute approximate surface area is 887 Å². The number of carbonyl (C=O) groups excluding carboxylic acids is 1. The summed E-state index contributed by atoms with van der Waals surface area (Å²) in [6, 6.07) is 7.51. The van der Waals surface area contributed by atoms with Crippen molar-refractivity contribution in [2.45, 2.75) is 474 Å². The van der Waals surface area contributed by atoms with Crippen LogP contribution in [-0.4, -0.2) is 196 Å². The molecular formula is C124H209N3O20. The highest BCUT2D eigenvalue weighted by Gasteiger charge is 2.53. The first-order chi connectivity index (χ1) is 71.1. The predicted octanol–water partition coefficient (Wildman–Crippen LogP) is 25.0. The summed E-state index contributed by atoms with van der Waals surface area (Å²) < 4.78 is 9.85. The van der Waals surface area contributed by atoms with Gasteiger partial charge < -0.3 is 86.1 Å². The van der Waals surface area contributed by atoms with Crippen LogP contribution in [0.1, 0.15) is 413 Å². The second-order valence-electron chi connectivity index (χ2n) is 47.9. The highest BCUT2D eigenvalue weighted by atomic mass is 16.5. The average Bonchev–Trinajstić information content (AvgIpc) is 1.67. The van der Waals surface area contributed by atoms with Crippen LogP contribution >= 0.6 is 0 Å². The van der Waals surface area contributed by atoms with Crippen LogP contribution in [0.15, 0.2) is 96.2 Å². The number of fused-ring (bicyclic) bond motifs is 6. The molecule has 23 heteroatoms. The third kappa shape index (κ3) is 45.3. The van der Waals surface area contributed by atoms with Gasteiger partial charge in [0.05, 0.1) is 74.3 Å². The van der Waals surface area contributed by atoms with E-state index in [9.17, 15) is 70.6 Å².